The van der Waals surface area contributed by atoms with Crippen LogP contribution in [0.25, 0.3) is 76.9 Å². The number of aromatic nitrogens is 2. The zero-order chi connectivity index (χ0) is 35.1. The normalized spacial score (nSPS) is 11.4. The summed E-state index contributed by atoms with van der Waals surface area (Å²) >= 11 is 0. The monoisotopic (exact) mass is 675 g/mol. The first-order valence-corrected chi connectivity index (χ1v) is 18.0. The second-order valence-corrected chi connectivity index (χ2v) is 13.5. The highest BCUT2D eigenvalue weighted by atomic mass is 15.1. The number of hydrogen-bond donors (Lipinski definition) is 0. The highest BCUT2D eigenvalue weighted by Gasteiger charge is 2.16. The average molecular weight is 676 g/mol. The standard InChI is InChI=1S/C50H33N3/c1-2-11-37(12-3-1)50-49-44(15-8-28-51-49)33-48(52-50)36-21-24-45(25-22-36)53(46-26-20-35-10-5-7-14-39(35)31-46)47-27-23-42-30-41(18-19-43(42)32-47)40-17-16-34-9-4-6-13-38(34)29-40/h1-33H. The summed E-state index contributed by atoms with van der Waals surface area (Å²) in [6.45, 7) is 0. The fourth-order valence-corrected chi connectivity index (χ4v) is 7.50. The Balaban J connectivity index is 1.06. The number of pyridine rings is 2. The van der Waals surface area contributed by atoms with Gasteiger partial charge < -0.3 is 4.90 Å². The van der Waals surface area contributed by atoms with Gasteiger partial charge in [0.2, 0.25) is 0 Å². The molecule has 0 bridgehead atoms. The van der Waals surface area contributed by atoms with Crippen molar-refractivity contribution in [2.24, 2.45) is 0 Å². The molecule has 0 saturated carbocycles. The van der Waals surface area contributed by atoms with Gasteiger partial charge in [-0.25, -0.2) is 4.98 Å². The van der Waals surface area contributed by atoms with Crippen LogP contribution >= 0.6 is 0 Å². The summed E-state index contributed by atoms with van der Waals surface area (Å²) in [5, 5.41) is 8.40. The zero-order valence-electron chi connectivity index (χ0n) is 28.9. The van der Waals surface area contributed by atoms with E-state index in [4.69, 9.17) is 9.97 Å². The third-order valence-electron chi connectivity index (χ3n) is 10.2. The molecule has 0 saturated heterocycles. The molecule has 2 heterocycles. The molecule has 10 rings (SSSR count). The summed E-state index contributed by atoms with van der Waals surface area (Å²) in [5.74, 6) is 0. The fourth-order valence-electron chi connectivity index (χ4n) is 7.50. The lowest BCUT2D eigenvalue weighted by Gasteiger charge is -2.26. The van der Waals surface area contributed by atoms with E-state index in [0.717, 1.165) is 50.5 Å². The molecule has 0 unspecified atom stereocenters. The molecule has 0 radical (unpaired) electrons. The maximum absolute atomic E-state index is 5.17. The van der Waals surface area contributed by atoms with E-state index in [2.05, 4.69) is 175 Å². The van der Waals surface area contributed by atoms with Gasteiger partial charge in [0, 0.05) is 39.8 Å². The highest BCUT2D eigenvalue weighted by Crippen LogP contribution is 2.39. The molecule has 0 aliphatic carbocycles. The molecule has 3 nitrogen and oxygen atoms in total. The number of rotatable bonds is 6. The Kier molecular flexibility index (Phi) is 7.47. The van der Waals surface area contributed by atoms with Crippen LogP contribution in [0.3, 0.4) is 0 Å². The second kappa shape index (κ2) is 12.9. The summed E-state index contributed by atoms with van der Waals surface area (Å²) < 4.78 is 0. The van der Waals surface area contributed by atoms with Crippen molar-refractivity contribution in [1.29, 1.82) is 0 Å². The van der Waals surface area contributed by atoms with E-state index in [1.165, 1.54) is 43.4 Å². The third kappa shape index (κ3) is 5.75. The van der Waals surface area contributed by atoms with Crippen LogP contribution in [-0.2, 0) is 0 Å². The lowest BCUT2D eigenvalue weighted by molar-refractivity contribution is 1.28. The summed E-state index contributed by atoms with van der Waals surface area (Å²) in [6, 6.07) is 69.4. The van der Waals surface area contributed by atoms with Gasteiger partial charge in [-0.3, -0.25) is 4.98 Å². The van der Waals surface area contributed by atoms with Crippen molar-refractivity contribution in [3.8, 4) is 33.6 Å². The molecule has 2 aromatic heterocycles. The lowest BCUT2D eigenvalue weighted by atomic mass is 9.98. The van der Waals surface area contributed by atoms with Gasteiger partial charge in [0.15, 0.2) is 0 Å². The Hall–Kier alpha value is -7.10. The molecule has 0 aliphatic heterocycles. The quantitative estimate of drug-likeness (QED) is 0.176. The van der Waals surface area contributed by atoms with E-state index in [-0.39, 0.29) is 0 Å². The zero-order valence-corrected chi connectivity index (χ0v) is 28.9. The third-order valence-corrected chi connectivity index (χ3v) is 10.2. The van der Waals surface area contributed by atoms with Crippen molar-refractivity contribution < 1.29 is 0 Å². The number of anilines is 3. The van der Waals surface area contributed by atoms with Crippen LogP contribution in [0.1, 0.15) is 0 Å². The number of fused-ring (bicyclic) bond motifs is 4. The van der Waals surface area contributed by atoms with Crippen LogP contribution in [0.5, 0.6) is 0 Å². The molecule has 10 aromatic rings. The predicted octanol–water partition coefficient (Wildman–Crippen LogP) is 13.6. The maximum atomic E-state index is 5.17. The van der Waals surface area contributed by atoms with Crippen molar-refractivity contribution in [3.05, 3.63) is 200 Å². The summed E-state index contributed by atoms with van der Waals surface area (Å²) in [4.78, 5) is 12.2. The Bertz CT molecular complexity index is 2950. The van der Waals surface area contributed by atoms with Gasteiger partial charge in [0.05, 0.1) is 16.9 Å². The van der Waals surface area contributed by atoms with E-state index in [1.807, 2.05) is 30.5 Å². The maximum Gasteiger partial charge on any atom is 0.0972 e. The average Bonchev–Trinajstić information content (AvgIpc) is 3.23. The van der Waals surface area contributed by atoms with E-state index >= 15 is 0 Å². The lowest BCUT2D eigenvalue weighted by Crippen LogP contribution is -2.10. The Morgan fingerprint density at radius 3 is 1.51 bits per heavy atom. The molecule has 0 N–H and O–H groups in total. The predicted molar refractivity (Wildman–Crippen MR) is 223 cm³/mol. The molecule has 0 aliphatic rings. The fraction of sp³-hybridized carbons (Fsp3) is 0. The number of hydrogen-bond acceptors (Lipinski definition) is 3. The van der Waals surface area contributed by atoms with Gasteiger partial charge in [-0.15, -0.1) is 0 Å². The summed E-state index contributed by atoms with van der Waals surface area (Å²) in [5.41, 5.74) is 10.5. The Morgan fingerprint density at radius 2 is 0.811 bits per heavy atom. The van der Waals surface area contributed by atoms with Crippen molar-refractivity contribution in [3.63, 3.8) is 0 Å². The van der Waals surface area contributed by atoms with E-state index in [1.54, 1.807) is 0 Å². The van der Waals surface area contributed by atoms with Crippen LogP contribution in [0.15, 0.2) is 200 Å². The van der Waals surface area contributed by atoms with Crippen LogP contribution in [0.4, 0.5) is 17.1 Å². The molecule has 248 valence electrons. The van der Waals surface area contributed by atoms with Gasteiger partial charge in [0.25, 0.3) is 0 Å². The van der Waals surface area contributed by atoms with Gasteiger partial charge in [-0.05, 0) is 104 Å². The topological polar surface area (TPSA) is 29.0 Å². The van der Waals surface area contributed by atoms with E-state index in [9.17, 15) is 0 Å². The number of nitrogens with zero attached hydrogens (tertiary/aromatic N) is 3. The smallest absolute Gasteiger partial charge is 0.0972 e. The largest absolute Gasteiger partial charge is 0.310 e. The first-order valence-electron chi connectivity index (χ1n) is 18.0. The number of benzene rings is 8. The van der Waals surface area contributed by atoms with E-state index < -0.39 is 0 Å². The van der Waals surface area contributed by atoms with Gasteiger partial charge in [-0.2, -0.15) is 0 Å². The summed E-state index contributed by atoms with van der Waals surface area (Å²) in [6.07, 6.45) is 1.84. The Morgan fingerprint density at radius 1 is 0.321 bits per heavy atom. The van der Waals surface area contributed by atoms with Crippen molar-refractivity contribution in [2.45, 2.75) is 0 Å². The summed E-state index contributed by atoms with van der Waals surface area (Å²) in [7, 11) is 0. The minimum absolute atomic E-state index is 0.889. The Labute approximate surface area is 308 Å². The van der Waals surface area contributed by atoms with Gasteiger partial charge >= 0.3 is 0 Å². The van der Waals surface area contributed by atoms with Crippen LogP contribution in [-0.4, -0.2) is 9.97 Å². The molecule has 0 amide bonds. The van der Waals surface area contributed by atoms with Crippen LogP contribution in [0.2, 0.25) is 0 Å². The van der Waals surface area contributed by atoms with Crippen molar-refractivity contribution in [2.75, 3.05) is 4.90 Å². The molecule has 0 fully saturated rings. The first-order chi connectivity index (χ1) is 26.2. The minimum atomic E-state index is 0.889. The highest BCUT2D eigenvalue weighted by molar-refractivity contribution is 5.96. The first kappa shape index (κ1) is 30.7. The molecule has 8 aromatic carbocycles. The molecule has 3 heteroatoms. The molecular weight excluding hydrogens is 643 g/mol. The molecule has 0 spiro atoms. The van der Waals surface area contributed by atoms with Crippen LogP contribution < -0.4 is 4.90 Å². The van der Waals surface area contributed by atoms with E-state index in [0.29, 0.717) is 0 Å². The SMILES string of the molecule is c1ccc(-c2nc(-c3ccc(N(c4ccc5ccccc5c4)c4ccc5cc(-c6ccc7ccccc7c6)ccc5c4)cc3)cc3cccnc23)cc1. The minimum Gasteiger partial charge on any atom is -0.310 e. The van der Waals surface area contributed by atoms with Crippen LogP contribution in [0, 0.1) is 0 Å². The van der Waals surface area contributed by atoms with Gasteiger partial charge in [0.1, 0.15) is 0 Å². The van der Waals surface area contributed by atoms with Crippen molar-refractivity contribution >= 4 is 60.3 Å². The molecule has 53 heavy (non-hydrogen) atoms. The van der Waals surface area contributed by atoms with Crippen molar-refractivity contribution in [1.82, 2.24) is 9.97 Å². The molecule has 0 atom stereocenters. The molecular formula is C50H33N3. The van der Waals surface area contributed by atoms with Gasteiger partial charge in [-0.1, -0.05) is 133 Å². The second-order valence-electron chi connectivity index (χ2n) is 13.5.